The zero-order valence-electron chi connectivity index (χ0n) is 12.6. The maximum Gasteiger partial charge on any atom is 0.238 e. The van der Waals surface area contributed by atoms with Crippen LogP contribution in [0, 0.1) is 0 Å². The highest BCUT2D eigenvalue weighted by Crippen LogP contribution is 2.20. The lowest BCUT2D eigenvalue weighted by Crippen LogP contribution is -2.23. The van der Waals surface area contributed by atoms with E-state index >= 15 is 0 Å². The molecular formula is C16H16Cl2N2O3S. The Labute approximate surface area is 150 Å². The van der Waals surface area contributed by atoms with E-state index in [9.17, 15) is 13.2 Å². The van der Waals surface area contributed by atoms with Crippen LogP contribution in [0.25, 0.3) is 0 Å². The largest absolute Gasteiger partial charge is 0.352 e. The Bertz CT molecular complexity index is 837. The summed E-state index contributed by atoms with van der Waals surface area (Å²) >= 11 is 11.9. The molecule has 0 radical (unpaired) electrons. The fourth-order valence-corrected chi connectivity index (χ4v) is 3.04. The van der Waals surface area contributed by atoms with E-state index in [0.29, 0.717) is 23.0 Å². The fraction of sp³-hybridized carbons (Fsp3) is 0.188. The van der Waals surface area contributed by atoms with Crippen LogP contribution in [0.5, 0.6) is 0 Å². The minimum atomic E-state index is -3.70. The third kappa shape index (κ3) is 5.49. The molecular weight excluding hydrogens is 371 g/mol. The molecule has 8 heteroatoms. The van der Waals surface area contributed by atoms with Gasteiger partial charge in [-0.1, -0.05) is 41.4 Å². The summed E-state index contributed by atoms with van der Waals surface area (Å²) in [6.45, 7) is 0.319. The van der Waals surface area contributed by atoms with Crippen molar-refractivity contribution in [3.8, 4) is 0 Å². The Morgan fingerprint density at radius 1 is 1.08 bits per heavy atom. The third-order valence-corrected chi connectivity index (χ3v) is 4.90. The Morgan fingerprint density at radius 2 is 1.75 bits per heavy atom. The standard InChI is InChI=1S/C16H16Cl2N2O3S/c17-13-5-4-12(15(18)9-13)10-20-16(21)8-3-11-1-6-14(7-2-11)24(19,22)23/h1-2,4-7,9H,3,8,10H2,(H,20,21)(H2,19,22,23). The van der Waals surface area contributed by atoms with Gasteiger partial charge in [0.2, 0.25) is 15.9 Å². The number of amides is 1. The van der Waals surface area contributed by atoms with Gasteiger partial charge in [0.25, 0.3) is 0 Å². The normalized spacial score (nSPS) is 11.3. The van der Waals surface area contributed by atoms with E-state index in [4.69, 9.17) is 28.3 Å². The van der Waals surface area contributed by atoms with Gasteiger partial charge < -0.3 is 5.32 Å². The minimum absolute atomic E-state index is 0.0491. The molecule has 0 unspecified atom stereocenters. The van der Waals surface area contributed by atoms with Crippen LogP contribution in [0.15, 0.2) is 47.4 Å². The number of benzene rings is 2. The van der Waals surface area contributed by atoms with Crippen molar-refractivity contribution >= 4 is 39.1 Å². The number of nitrogens with one attached hydrogen (secondary N) is 1. The van der Waals surface area contributed by atoms with Crippen molar-refractivity contribution < 1.29 is 13.2 Å². The SMILES string of the molecule is NS(=O)(=O)c1ccc(CCC(=O)NCc2ccc(Cl)cc2Cl)cc1. The minimum Gasteiger partial charge on any atom is -0.352 e. The number of halogens is 2. The zero-order chi connectivity index (χ0) is 17.7. The van der Waals surface area contributed by atoms with E-state index in [0.717, 1.165) is 11.1 Å². The van der Waals surface area contributed by atoms with Gasteiger partial charge in [0.1, 0.15) is 0 Å². The summed E-state index contributed by atoms with van der Waals surface area (Å²) in [5.74, 6) is -0.128. The predicted octanol–water partition coefficient (Wildman–Crippen LogP) is 2.89. The molecule has 0 saturated heterocycles. The highest BCUT2D eigenvalue weighted by molar-refractivity contribution is 7.89. The summed E-state index contributed by atoms with van der Waals surface area (Å²) in [5, 5.41) is 8.86. The molecule has 0 aliphatic rings. The van der Waals surface area contributed by atoms with Crippen molar-refractivity contribution in [3.63, 3.8) is 0 Å². The van der Waals surface area contributed by atoms with Gasteiger partial charge in [-0.3, -0.25) is 4.79 Å². The summed E-state index contributed by atoms with van der Waals surface area (Å²) in [7, 11) is -3.70. The van der Waals surface area contributed by atoms with Crippen LogP contribution in [0.4, 0.5) is 0 Å². The van der Waals surface area contributed by atoms with Gasteiger partial charge in [-0.15, -0.1) is 0 Å². The second-order valence-corrected chi connectivity index (χ2v) is 7.61. The van der Waals surface area contributed by atoms with Crippen LogP contribution < -0.4 is 10.5 Å². The maximum atomic E-state index is 11.9. The van der Waals surface area contributed by atoms with E-state index in [-0.39, 0.29) is 17.2 Å². The van der Waals surface area contributed by atoms with Crippen LogP contribution >= 0.6 is 23.2 Å². The molecule has 128 valence electrons. The molecule has 0 bridgehead atoms. The Hall–Kier alpha value is -1.60. The van der Waals surface area contributed by atoms with Crippen LogP contribution in [0.1, 0.15) is 17.5 Å². The van der Waals surface area contributed by atoms with Gasteiger partial charge in [-0.25, -0.2) is 13.6 Å². The monoisotopic (exact) mass is 386 g/mol. The fourth-order valence-electron chi connectivity index (χ4n) is 2.05. The smallest absolute Gasteiger partial charge is 0.238 e. The first kappa shape index (κ1) is 18.7. The molecule has 2 aromatic rings. The van der Waals surface area contributed by atoms with Crippen molar-refractivity contribution in [1.29, 1.82) is 0 Å². The van der Waals surface area contributed by atoms with E-state index < -0.39 is 10.0 Å². The van der Waals surface area contributed by atoms with E-state index in [1.807, 2.05) is 0 Å². The van der Waals surface area contributed by atoms with Gasteiger partial charge >= 0.3 is 0 Å². The first-order chi connectivity index (χ1) is 11.3. The molecule has 1 amide bonds. The molecule has 0 fully saturated rings. The maximum absolute atomic E-state index is 11.9. The number of carbonyl (C=O) groups excluding carboxylic acids is 1. The van der Waals surface area contributed by atoms with Gasteiger partial charge in [0.05, 0.1) is 4.90 Å². The lowest BCUT2D eigenvalue weighted by atomic mass is 10.1. The molecule has 0 saturated carbocycles. The number of nitrogens with two attached hydrogens (primary N) is 1. The predicted molar refractivity (Wildman–Crippen MR) is 94.4 cm³/mol. The van der Waals surface area contributed by atoms with E-state index in [1.165, 1.54) is 12.1 Å². The molecule has 2 rings (SSSR count). The molecule has 0 aromatic heterocycles. The molecule has 3 N–H and O–H groups in total. The van der Waals surface area contributed by atoms with E-state index in [2.05, 4.69) is 5.32 Å². The first-order valence-corrected chi connectivity index (χ1v) is 9.38. The summed E-state index contributed by atoms with van der Waals surface area (Å²) in [5.41, 5.74) is 1.63. The van der Waals surface area contributed by atoms with Crippen LogP contribution in [-0.4, -0.2) is 14.3 Å². The average molecular weight is 387 g/mol. The zero-order valence-corrected chi connectivity index (χ0v) is 15.0. The summed E-state index contributed by atoms with van der Waals surface area (Å²) in [6, 6.07) is 11.2. The van der Waals surface area contributed by atoms with Crippen LogP contribution in [0.2, 0.25) is 10.0 Å². The number of hydrogen-bond acceptors (Lipinski definition) is 3. The molecule has 0 atom stereocenters. The number of rotatable bonds is 6. The second-order valence-electron chi connectivity index (χ2n) is 5.20. The summed E-state index contributed by atoms with van der Waals surface area (Å²) in [6.07, 6.45) is 0.769. The third-order valence-electron chi connectivity index (χ3n) is 3.38. The molecule has 2 aromatic carbocycles. The van der Waals surface area contributed by atoms with Gasteiger partial charge in [0.15, 0.2) is 0 Å². The van der Waals surface area contributed by atoms with E-state index in [1.54, 1.807) is 30.3 Å². The lowest BCUT2D eigenvalue weighted by molar-refractivity contribution is -0.121. The molecule has 24 heavy (non-hydrogen) atoms. The molecule has 5 nitrogen and oxygen atoms in total. The van der Waals surface area contributed by atoms with Crippen molar-refractivity contribution in [2.24, 2.45) is 5.14 Å². The number of sulfonamides is 1. The molecule has 0 aliphatic carbocycles. The number of hydrogen-bond donors (Lipinski definition) is 2. The summed E-state index contributed by atoms with van der Waals surface area (Å²) in [4.78, 5) is 11.9. The second kappa shape index (κ2) is 7.98. The Morgan fingerprint density at radius 3 is 2.33 bits per heavy atom. The lowest BCUT2D eigenvalue weighted by Gasteiger charge is -2.08. The van der Waals surface area contributed by atoms with Gasteiger partial charge in [-0.05, 0) is 41.8 Å². The number of aryl methyl sites for hydroxylation is 1. The number of carbonyl (C=O) groups is 1. The topological polar surface area (TPSA) is 89.3 Å². The average Bonchev–Trinajstić information content (AvgIpc) is 2.51. The quantitative estimate of drug-likeness (QED) is 0.799. The van der Waals surface area contributed by atoms with Crippen molar-refractivity contribution in [1.82, 2.24) is 5.32 Å². The van der Waals surface area contributed by atoms with Gasteiger partial charge in [-0.2, -0.15) is 0 Å². The van der Waals surface area contributed by atoms with Crippen LogP contribution in [-0.2, 0) is 27.8 Å². The Balaban J connectivity index is 1.85. The molecule has 0 heterocycles. The van der Waals surface area contributed by atoms with Crippen LogP contribution in [0.3, 0.4) is 0 Å². The molecule has 0 spiro atoms. The highest BCUT2D eigenvalue weighted by Gasteiger charge is 2.08. The Kier molecular flexibility index (Phi) is 6.23. The highest BCUT2D eigenvalue weighted by atomic mass is 35.5. The van der Waals surface area contributed by atoms with Gasteiger partial charge in [0, 0.05) is 23.0 Å². The van der Waals surface area contributed by atoms with Crippen molar-refractivity contribution in [3.05, 3.63) is 63.6 Å². The van der Waals surface area contributed by atoms with Crippen molar-refractivity contribution in [2.75, 3.05) is 0 Å². The first-order valence-electron chi connectivity index (χ1n) is 7.08. The van der Waals surface area contributed by atoms with Crippen molar-refractivity contribution in [2.45, 2.75) is 24.3 Å². The number of primary sulfonamides is 1. The summed E-state index contributed by atoms with van der Waals surface area (Å²) < 4.78 is 22.3. The molecule has 0 aliphatic heterocycles.